The van der Waals surface area contributed by atoms with Gasteiger partial charge in [0, 0.05) is 16.6 Å². The van der Waals surface area contributed by atoms with Gasteiger partial charge in [0.25, 0.3) is 0 Å². The molecule has 0 amide bonds. The van der Waals surface area contributed by atoms with Gasteiger partial charge in [0.1, 0.15) is 0 Å². The van der Waals surface area contributed by atoms with Crippen molar-refractivity contribution in [1.82, 2.24) is 0 Å². The van der Waals surface area contributed by atoms with E-state index in [-0.39, 0.29) is 0 Å². The van der Waals surface area contributed by atoms with Crippen LogP contribution >= 0.6 is 11.8 Å². The van der Waals surface area contributed by atoms with Crippen molar-refractivity contribution in [1.29, 1.82) is 0 Å². The maximum absolute atomic E-state index is 5.82. The highest BCUT2D eigenvalue weighted by molar-refractivity contribution is 7.99. The first-order valence-electron chi connectivity index (χ1n) is 5.64. The molecule has 1 aromatic rings. The first-order valence-corrected chi connectivity index (χ1v) is 6.63. The quantitative estimate of drug-likeness (QED) is 0.768. The van der Waals surface area contributed by atoms with Crippen molar-refractivity contribution in [3.05, 3.63) is 29.8 Å². The van der Waals surface area contributed by atoms with E-state index in [0.717, 1.165) is 13.0 Å². The summed E-state index contributed by atoms with van der Waals surface area (Å²) in [6.45, 7) is 5.19. The minimum Gasteiger partial charge on any atom is -0.378 e. The maximum Gasteiger partial charge on any atom is 0.0546 e. The molecule has 0 N–H and O–H groups in total. The number of thioether (sulfide) groups is 1. The first-order chi connectivity index (χ1) is 7.31. The molecule has 1 aliphatic heterocycles. The van der Waals surface area contributed by atoms with E-state index in [1.807, 2.05) is 11.8 Å². The van der Waals surface area contributed by atoms with Crippen LogP contribution in [0.1, 0.15) is 31.7 Å². The Hall–Kier alpha value is -0.470. The molecule has 1 nitrogen and oxygen atoms in total. The van der Waals surface area contributed by atoms with E-state index in [1.54, 1.807) is 0 Å². The molecule has 2 unspecified atom stereocenters. The maximum atomic E-state index is 5.82. The zero-order chi connectivity index (χ0) is 10.7. The van der Waals surface area contributed by atoms with Gasteiger partial charge < -0.3 is 4.74 Å². The first kappa shape index (κ1) is 11.0. The van der Waals surface area contributed by atoms with Crippen molar-refractivity contribution >= 4 is 11.8 Å². The Morgan fingerprint density at radius 1 is 1.47 bits per heavy atom. The smallest absolute Gasteiger partial charge is 0.0546 e. The third-order valence-electron chi connectivity index (χ3n) is 2.96. The molecule has 15 heavy (non-hydrogen) atoms. The number of fused-ring (bicyclic) bond motifs is 1. The van der Waals surface area contributed by atoms with E-state index in [0.29, 0.717) is 12.0 Å². The zero-order valence-corrected chi connectivity index (χ0v) is 10.2. The molecule has 0 fully saturated rings. The lowest BCUT2D eigenvalue weighted by molar-refractivity contribution is 0.0565. The molecule has 2 atom stereocenters. The summed E-state index contributed by atoms with van der Waals surface area (Å²) in [7, 11) is 0. The molecular weight excluding hydrogens is 204 g/mol. The van der Waals surface area contributed by atoms with Crippen molar-refractivity contribution in [3.63, 3.8) is 0 Å². The minimum absolute atomic E-state index is 0.391. The average Bonchev–Trinajstić information content (AvgIpc) is 2.69. The summed E-state index contributed by atoms with van der Waals surface area (Å²) in [4.78, 5) is 1.44. The van der Waals surface area contributed by atoms with Gasteiger partial charge >= 0.3 is 0 Å². The summed E-state index contributed by atoms with van der Waals surface area (Å²) in [6, 6.07) is 8.69. The number of hydrogen-bond acceptors (Lipinski definition) is 2. The third kappa shape index (κ3) is 2.56. The van der Waals surface area contributed by atoms with E-state index in [9.17, 15) is 0 Å². The van der Waals surface area contributed by atoms with Crippen molar-refractivity contribution in [3.8, 4) is 0 Å². The van der Waals surface area contributed by atoms with Crippen molar-refractivity contribution < 1.29 is 4.74 Å². The van der Waals surface area contributed by atoms with E-state index in [2.05, 4.69) is 38.1 Å². The molecule has 1 aromatic carbocycles. The molecular formula is C13H18OS. The minimum atomic E-state index is 0.391. The number of ether oxygens (including phenoxy) is 1. The Kier molecular flexibility index (Phi) is 3.71. The van der Waals surface area contributed by atoms with E-state index < -0.39 is 0 Å². The van der Waals surface area contributed by atoms with Crippen molar-refractivity contribution in [2.75, 3.05) is 12.4 Å². The van der Waals surface area contributed by atoms with Gasteiger partial charge in [0.2, 0.25) is 0 Å². The molecule has 0 saturated heterocycles. The Morgan fingerprint density at radius 3 is 3.07 bits per heavy atom. The highest BCUT2D eigenvalue weighted by Crippen LogP contribution is 2.39. The Bertz CT molecular complexity index is 324. The second kappa shape index (κ2) is 5.04. The number of hydrogen-bond donors (Lipinski definition) is 0. The summed E-state index contributed by atoms with van der Waals surface area (Å²) in [5.41, 5.74) is 1.48. The lowest BCUT2D eigenvalue weighted by Gasteiger charge is -2.15. The second-order valence-electron chi connectivity index (χ2n) is 4.10. The van der Waals surface area contributed by atoms with Gasteiger partial charge in [-0.1, -0.05) is 25.1 Å². The zero-order valence-electron chi connectivity index (χ0n) is 9.40. The topological polar surface area (TPSA) is 9.23 Å². The van der Waals surface area contributed by atoms with Gasteiger partial charge in [-0.3, -0.25) is 0 Å². The third-order valence-corrected chi connectivity index (χ3v) is 4.21. The molecule has 0 saturated carbocycles. The molecule has 82 valence electrons. The Morgan fingerprint density at radius 2 is 2.27 bits per heavy atom. The van der Waals surface area contributed by atoms with Crippen LogP contribution in [0.25, 0.3) is 0 Å². The van der Waals surface area contributed by atoms with Crippen LogP contribution in [0, 0.1) is 0 Å². The molecule has 0 aromatic heterocycles. The van der Waals surface area contributed by atoms with Gasteiger partial charge in [-0.25, -0.2) is 0 Å². The summed E-state index contributed by atoms with van der Waals surface area (Å²) in [5.74, 6) is 1.77. The van der Waals surface area contributed by atoms with Gasteiger partial charge in [0.05, 0.1) is 12.7 Å². The van der Waals surface area contributed by atoms with Crippen LogP contribution in [0.5, 0.6) is 0 Å². The van der Waals surface area contributed by atoms with Crippen molar-refractivity contribution in [2.45, 2.75) is 37.2 Å². The Labute approximate surface area is 96.2 Å². The predicted molar refractivity (Wildman–Crippen MR) is 65.6 cm³/mol. The van der Waals surface area contributed by atoms with Gasteiger partial charge in [-0.15, -0.1) is 11.8 Å². The van der Waals surface area contributed by atoms with E-state index in [1.165, 1.54) is 16.2 Å². The van der Waals surface area contributed by atoms with Crippen LogP contribution in [0.15, 0.2) is 29.2 Å². The van der Waals surface area contributed by atoms with Crippen LogP contribution in [0.4, 0.5) is 0 Å². The predicted octanol–water partition coefficient (Wildman–Crippen LogP) is 3.69. The van der Waals surface area contributed by atoms with Crippen LogP contribution < -0.4 is 0 Å². The molecule has 2 heteroatoms. The number of rotatable bonds is 4. The van der Waals surface area contributed by atoms with Crippen LogP contribution in [0.2, 0.25) is 0 Å². The fraction of sp³-hybridized carbons (Fsp3) is 0.538. The summed E-state index contributed by atoms with van der Waals surface area (Å²) in [5, 5.41) is 0. The molecule has 2 rings (SSSR count). The monoisotopic (exact) mass is 222 g/mol. The van der Waals surface area contributed by atoms with E-state index >= 15 is 0 Å². The highest BCUT2D eigenvalue weighted by Gasteiger charge is 2.22. The summed E-state index contributed by atoms with van der Waals surface area (Å²) in [6.07, 6.45) is 1.49. The van der Waals surface area contributed by atoms with Crippen LogP contribution in [-0.2, 0) is 4.74 Å². The summed E-state index contributed by atoms with van der Waals surface area (Å²) < 4.78 is 5.82. The van der Waals surface area contributed by atoms with E-state index in [4.69, 9.17) is 4.74 Å². The molecule has 0 bridgehead atoms. The number of benzene rings is 1. The molecule has 0 radical (unpaired) electrons. The SMILES string of the molecule is CCC(C)OCC1CSc2ccccc21. The largest absolute Gasteiger partial charge is 0.378 e. The molecule has 0 spiro atoms. The lowest BCUT2D eigenvalue weighted by atomic mass is 10.0. The molecule has 1 heterocycles. The Balaban J connectivity index is 1.96. The standard InChI is InChI=1S/C13H18OS/c1-3-10(2)14-8-11-9-15-13-7-5-4-6-12(11)13/h4-7,10-11H,3,8-9H2,1-2H3. The summed E-state index contributed by atoms with van der Waals surface area (Å²) >= 11 is 1.96. The van der Waals surface area contributed by atoms with Gasteiger partial charge in [-0.2, -0.15) is 0 Å². The molecule has 1 aliphatic rings. The lowest BCUT2D eigenvalue weighted by Crippen LogP contribution is -2.13. The normalized spacial score (nSPS) is 21.3. The highest BCUT2D eigenvalue weighted by atomic mass is 32.2. The fourth-order valence-corrected chi connectivity index (χ4v) is 3.00. The second-order valence-corrected chi connectivity index (χ2v) is 5.16. The van der Waals surface area contributed by atoms with Crippen LogP contribution in [0.3, 0.4) is 0 Å². The van der Waals surface area contributed by atoms with Crippen molar-refractivity contribution in [2.24, 2.45) is 0 Å². The fourth-order valence-electron chi connectivity index (χ4n) is 1.77. The average molecular weight is 222 g/mol. The van der Waals surface area contributed by atoms with Gasteiger partial charge in [0.15, 0.2) is 0 Å². The molecule has 0 aliphatic carbocycles. The van der Waals surface area contributed by atoms with Crippen LogP contribution in [-0.4, -0.2) is 18.5 Å². The van der Waals surface area contributed by atoms with Gasteiger partial charge in [-0.05, 0) is 25.0 Å².